The third kappa shape index (κ3) is 1.84. The Kier molecular flexibility index (Phi) is 2.96. The van der Waals surface area contributed by atoms with Gasteiger partial charge in [0.25, 0.3) is 0 Å². The van der Waals surface area contributed by atoms with Crippen molar-refractivity contribution in [1.82, 2.24) is 0 Å². The van der Waals surface area contributed by atoms with Crippen LogP contribution < -0.4 is 0 Å². The highest BCUT2D eigenvalue weighted by Gasteiger charge is 2.59. The Morgan fingerprint density at radius 3 is 2.67 bits per heavy atom. The zero-order valence-corrected chi connectivity index (χ0v) is 13.5. The monoisotopic (exact) mass is 288 g/mol. The minimum atomic E-state index is -0.472. The van der Waals surface area contributed by atoms with Crippen LogP contribution in [0.2, 0.25) is 0 Å². The molecule has 2 heteroatoms. The van der Waals surface area contributed by atoms with Crippen LogP contribution in [0.1, 0.15) is 71.6 Å². The first-order valence-corrected chi connectivity index (χ1v) is 8.87. The summed E-state index contributed by atoms with van der Waals surface area (Å²) in [5, 5.41) is 10.8. The Bertz CT molecular complexity index is 516. The van der Waals surface area contributed by atoms with Gasteiger partial charge in [-0.3, -0.25) is 4.79 Å². The zero-order chi connectivity index (χ0) is 14.8. The summed E-state index contributed by atoms with van der Waals surface area (Å²) in [6.45, 7) is 4.41. The number of fused-ring (bicyclic) bond motifs is 4. The number of rotatable bonds is 0. The lowest BCUT2D eigenvalue weighted by Crippen LogP contribution is -2.50. The molecule has 5 atom stereocenters. The molecular weight excluding hydrogens is 260 g/mol. The zero-order valence-electron chi connectivity index (χ0n) is 13.5. The van der Waals surface area contributed by atoms with Crippen molar-refractivity contribution >= 4 is 5.78 Å². The number of Topliss-reactive ketones (excluding diaryl/α,β-unsaturated/α-hetero) is 1. The standard InChI is InChI=1S/C19H28O2/c1-18-9-7-15-14-6-4-13(20)11-12(14)3-5-16(15)17(18)8-10-19(18,2)21/h15-17,21H,3-11H2,1-2H3/t15-,16+,17+,18+,19+/m1/s1. The summed E-state index contributed by atoms with van der Waals surface area (Å²) in [5.41, 5.74) is 2.82. The maximum absolute atomic E-state index is 11.7. The topological polar surface area (TPSA) is 37.3 Å². The molecule has 2 fully saturated rings. The molecular formula is C19H28O2. The van der Waals surface area contributed by atoms with Crippen LogP contribution >= 0.6 is 0 Å². The van der Waals surface area contributed by atoms with E-state index in [9.17, 15) is 9.90 Å². The summed E-state index contributed by atoms with van der Waals surface area (Å²) >= 11 is 0. The highest BCUT2D eigenvalue weighted by molar-refractivity contribution is 5.82. The van der Waals surface area contributed by atoms with Gasteiger partial charge in [-0.05, 0) is 75.0 Å². The van der Waals surface area contributed by atoms with Gasteiger partial charge in [0.2, 0.25) is 0 Å². The van der Waals surface area contributed by atoms with Crippen molar-refractivity contribution in [2.75, 3.05) is 0 Å². The Morgan fingerprint density at radius 2 is 1.86 bits per heavy atom. The second-order valence-corrected chi connectivity index (χ2v) is 8.53. The third-order valence-electron chi connectivity index (χ3n) is 7.76. The van der Waals surface area contributed by atoms with Gasteiger partial charge in [-0.2, -0.15) is 0 Å². The average molecular weight is 288 g/mol. The average Bonchev–Trinajstić information content (AvgIpc) is 2.69. The Balaban J connectivity index is 1.66. The first-order valence-electron chi connectivity index (χ1n) is 8.87. The SMILES string of the molecule is C[C@]1(O)CC[C@H]2[C@H]3CCC4=C(CCC(=O)C4)[C@H]3CC[C@@]21C. The number of carbonyl (C=O) groups is 1. The largest absolute Gasteiger partial charge is 0.390 e. The number of ketones is 1. The Labute approximate surface area is 128 Å². The number of hydrogen-bond donors (Lipinski definition) is 1. The van der Waals surface area contributed by atoms with Crippen molar-refractivity contribution < 1.29 is 9.90 Å². The number of aliphatic hydroxyl groups is 1. The fourth-order valence-electron chi connectivity index (χ4n) is 6.29. The summed E-state index contributed by atoms with van der Waals surface area (Å²) < 4.78 is 0. The minimum absolute atomic E-state index is 0.122. The normalized spacial score (nSPS) is 49.7. The van der Waals surface area contributed by atoms with Gasteiger partial charge in [-0.1, -0.05) is 18.1 Å². The van der Waals surface area contributed by atoms with Crippen LogP contribution in [0.4, 0.5) is 0 Å². The fraction of sp³-hybridized carbons (Fsp3) is 0.842. The van der Waals surface area contributed by atoms with Crippen molar-refractivity contribution in [1.29, 1.82) is 0 Å². The van der Waals surface area contributed by atoms with E-state index in [1.807, 2.05) is 0 Å². The van der Waals surface area contributed by atoms with Crippen LogP contribution in [0.15, 0.2) is 11.1 Å². The van der Waals surface area contributed by atoms with E-state index in [-0.39, 0.29) is 5.41 Å². The maximum Gasteiger partial charge on any atom is 0.137 e. The van der Waals surface area contributed by atoms with Crippen molar-refractivity contribution in [3.05, 3.63) is 11.1 Å². The van der Waals surface area contributed by atoms with E-state index < -0.39 is 5.60 Å². The molecule has 0 aliphatic heterocycles. The van der Waals surface area contributed by atoms with Crippen LogP contribution in [0.3, 0.4) is 0 Å². The van der Waals surface area contributed by atoms with E-state index in [1.165, 1.54) is 24.8 Å². The van der Waals surface area contributed by atoms with Gasteiger partial charge in [0.15, 0.2) is 0 Å². The number of allylic oxidation sites excluding steroid dienone is 2. The molecule has 21 heavy (non-hydrogen) atoms. The van der Waals surface area contributed by atoms with Gasteiger partial charge in [-0.15, -0.1) is 0 Å². The molecule has 4 rings (SSSR count). The van der Waals surface area contributed by atoms with Crippen LogP contribution in [-0.2, 0) is 4.79 Å². The molecule has 116 valence electrons. The molecule has 0 unspecified atom stereocenters. The maximum atomic E-state index is 11.7. The molecule has 0 aromatic rings. The lowest BCUT2D eigenvalue weighted by molar-refractivity contribution is -0.119. The summed E-state index contributed by atoms with van der Waals surface area (Å²) in [5.74, 6) is 2.65. The Hall–Kier alpha value is -0.630. The van der Waals surface area contributed by atoms with Gasteiger partial charge in [0, 0.05) is 12.8 Å². The fourth-order valence-corrected chi connectivity index (χ4v) is 6.29. The molecule has 2 saturated carbocycles. The van der Waals surface area contributed by atoms with Gasteiger partial charge in [0.05, 0.1) is 5.60 Å². The molecule has 0 amide bonds. The van der Waals surface area contributed by atoms with Crippen LogP contribution in [-0.4, -0.2) is 16.5 Å². The molecule has 1 N–H and O–H groups in total. The predicted octanol–water partition coefficient (Wildman–Crippen LogP) is 4.02. The number of carbonyl (C=O) groups excluding carboxylic acids is 1. The third-order valence-corrected chi connectivity index (χ3v) is 7.76. The van der Waals surface area contributed by atoms with Gasteiger partial charge < -0.3 is 5.11 Å². The molecule has 4 aliphatic rings. The molecule has 0 heterocycles. The summed E-state index contributed by atoms with van der Waals surface area (Å²) in [6.07, 6.45) is 9.55. The van der Waals surface area contributed by atoms with Crippen molar-refractivity contribution in [3.8, 4) is 0 Å². The molecule has 0 radical (unpaired) electrons. The molecule has 0 spiro atoms. The minimum Gasteiger partial charge on any atom is -0.390 e. The van der Waals surface area contributed by atoms with E-state index in [0.29, 0.717) is 11.7 Å². The van der Waals surface area contributed by atoms with E-state index in [4.69, 9.17) is 0 Å². The molecule has 0 aromatic carbocycles. The second-order valence-electron chi connectivity index (χ2n) is 8.53. The summed E-state index contributed by atoms with van der Waals surface area (Å²) in [7, 11) is 0. The molecule has 2 nitrogen and oxygen atoms in total. The van der Waals surface area contributed by atoms with E-state index in [0.717, 1.165) is 50.4 Å². The van der Waals surface area contributed by atoms with Crippen LogP contribution in [0.25, 0.3) is 0 Å². The van der Waals surface area contributed by atoms with Gasteiger partial charge >= 0.3 is 0 Å². The van der Waals surface area contributed by atoms with Gasteiger partial charge in [0.1, 0.15) is 5.78 Å². The second kappa shape index (κ2) is 4.44. The van der Waals surface area contributed by atoms with Crippen LogP contribution in [0, 0.1) is 23.2 Å². The molecule has 4 aliphatic carbocycles. The molecule has 0 saturated heterocycles. The lowest BCUT2D eigenvalue weighted by atomic mass is 9.52. The van der Waals surface area contributed by atoms with E-state index in [2.05, 4.69) is 13.8 Å². The summed E-state index contributed by atoms with van der Waals surface area (Å²) in [6, 6.07) is 0. The molecule has 0 bridgehead atoms. The lowest BCUT2D eigenvalue weighted by Gasteiger charge is -2.53. The predicted molar refractivity (Wildman–Crippen MR) is 82.8 cm³/mol. The molecule has 0 aromatic heterocycles. The van der Waals surface area contributed by atoms with Crippen molar-refractivity contribution in [3.63, 3.8) is 0 Å². The highest BCUT2D eigenvalue weighted by Crippen LogP contribution is 2.64. The highest BCUT2D eigenvalue weighted by atomic mass is 16.3. The smallest absolute Gasteiger partial charge is 0.137 e. The Morgan fingerprint density at radius 1 is 1.05 bits per heavy atom. The van der Waals surface area contributed by atoms with E-state index >= 15 is 0 Å². The first kappa shape index (κ1) is 14.0. The van der Waals surface area contributed by atoms with Crippen molar-refractivity contribution in [2.45, 2.75) is 77.2 Å². The van der Waals surface area contributed by atoms with Crippen molar-refractivity contribution in [2.24, 2.45) is 23.2 Å². The summed E-state index contributed by atoms with van der Waals surface area (Å²) in [4.78, 5) is 11.7. The quantitative estimate of drug-likeness (QED) is 0.683. The van der Waals surface area contributed by atoms with E-state index in [1.54, 1.807) is 5.57 Å². The van der Waals surface area contributed by atoms with Gasteiger partial charge in [-0.25, -0.2) is 0 Å². The number of hydrogen-bond acceptors (Lipinski definition) is 2. The first-order chi connectivity index (χ1) is 9.92. The van der Waals surface area contributed by atoms with Crippen LogP contribution in [0.5, 0.6) is 0 Å².